The van der Waals surface area contributed by atoms with Crippen molar-refractivity contribution in [2.75, 3.05) is 44.7 Å². The first-order chi connectivity index (χ1) is 19.4. The molecule has 9 nitrogen and oxygen atoms in total. The second-order valence-electron chi connectivity index (χ2n) is 10.1. The minimum absolute atomic E-state index is 0.0107. The SMILES string of the molecule is COc1cc(NNC2C(=O)N(c3ccc(C(=O)N4CCC(N(C)C)CC4)cc3)N=C2c2ccccc2)ccc1F. The Morgan fingerprint density at radius 3 is 2.38 bits per heavy atom. The molecule has 5 rings (SSSR count). The van der Waals surface area contributed by atoms with E-state index in [2.05, 4.69) is 34.9 Å². The zero-order chi connectivity index (χ0) is 28.2. The molecule has 2 aliphatic heterocycles. The number of nitrogens with one attached hydrogen (secondary N) is 2. The van der Waals surface area contributed by atoms with Crippen LogP contribution in [0.2, 0.25) is 0 Å². The van der Waals surface area contributed by atoms with Crippen LogP contribution in [0.5, 0.6) is 5.75 Å². The molecule has 3 aromatic carbocycles. The van der Waals surface area contributed by atoms with Crippen molar-refractivity contribution in [1.29, 1.82) is 0 Å². The summed E-state index contributed by atoms with van der Waals surface area (Å²) in [5.41, 5.74) is 8.97. The summed E-state index contributed by atoms with van der Waals surface area (Å²) in [6, 6.07) is 20.4. The predicted molar refractivity (Wildman–Crippen MR) is 153 cm³/mol. The Bertz CT molecular complexity index is 1390. The van der Waals surface area contributed by atoms with Gasteiger partial charge >= 0.3 is 0 Å². The van der Waals surface area contributed by atoms with Crippen molar-refractivity contribution in [2.24, 2.45) is 5.10 Å². The Hall–Kier alpha value is -4.28. The molecule has 2 amide bonds. The second kappa shape index (κ2) is 11.8. The van der Waals surface area contributed by atoms with E-state index in [1.165, 1.54) is 24.3 Å². The van der Waals surface area contributed by atoms with Gasteiger partial charge in [-0.3, -0.25) is 9.59 Å². The first-order valence-corrected chi connectivity index (χ1v) is 13.2. The van der Waals surface area contributed by atoms with Crippen molar-refractivity contribution in [3.05, 3.63) is 89.7 Å². The number of anilines is 2. The molecule has 0 aliphatic carbocycles. The fraction of sp³-hybridized carbons (Fsp3) is 0.300. The Morgan fingerprint density at radius 1 is 1.02 bits per heavy atom. The number of ether oxygens (including phenoxy) is 1. The molecule has 10 heteroatoms. The minimum atomic E-state index is -0.822. The first-order valence-electron chi connectivity index (χ1n) is 13.2. The normalized spacial score (nSPS) is 17.8. The van der Waals surface area contributed by atoms with E-state index in [4.69, 9.17) is 4.74 Å². The molecule has 1 unspecified atom stereocenters. The molecule has 1 atom stereocenters. The van der Waals surface area contributed by atoms with Crippen LogP contribution in [0.15, 0.2) is 77.9 Å². The maximum atomic E-state index is 13.8. The maximum Gasteiger partial charge on any atom is 0.272 e. The fourth-order valence-corrected chi connectivity index (χ4v) is 5.01. The summed E-state index contributed by atoms with van der Waals surface area (Å²) in [4.78, 5) is 30.8. The summed E-state index contributed by atoms with van der Waals surface area (Å²) in [5, 5.41) is 5.99. The summed E-state index contributed by atoms with van der Waals surface area (Å²) >= 11 is 0. The largest absolute Gasteiger partial charge is 0.494 e. The van der Waals surface area contributed by atoms with Crippen molar-refractivity contribution in [1.82, 2.24) is 15.2 Å². The number of halogens is 1. The van der Waals surface area contributed by atoms with Gasteiger partial charge in [-0.1, -0.05) is 30.3 Å². The molecule has 2 heterocycles. The molecule has 0 saturated carbocycles. The van der Waals surface area contributed by atoms with Crippen LogP contribution in [-0.4, -0.2) is 73.7 Å². The van der Waals surface area contributed by atoms with Gasteiger partial charge in [-0.15, -0.1) is 0 Å². The maximum absolute atomic E-state index is 13.8. The lowest BCUT2D eigenvalue weighted by Crippen LogP contribution is -2.46. The quantitative estimate of drug-likeness (QED) is 0.420. The van der Waals surface area contributed by atoms with Crippen LogP contribution in [0, 0.1) is 5.82 Å². The number of methoxy groups -OCH3 is 1. The fourth-order valence-electron chi connectivity index (χ4n) is 5.01. The summed E-state index contributed by atoms with van der Waals surface area (Å²) in [5.74, 6) is -0.712. The average Bonchev–Trinajstić information content (AvgIpc) is 3.32. The Morgan fingerprint density at radius 2 is 1.73 bits per heavy atom. The Kier molecular flexibility index (Phi) is 8.09. The van der Waals surface area contributed by atoms with Crippen molar-refractivity contribution >= 4 is 28.9 Å². The lowest BCUT2D eigenvalue weighted by molar-refractivity contribution is -0.118. The third-order valence-corrected chi connectivity index (χ3v) is 7.36. The van der Waals surface area contributed by atoms with E-state index in [0.717, 1.165) is 31.5 Å². The number of carbonyl (C=O) groups is 2. The van der Waals surface area contributed by atoms with Gasteiger partial charge < -0.3 is 20.0 Å². The topological polar surface area (TPSA) is 89.5 Å². The number of hydrogen-bond donors (Lipinski definition) is 2. The number of carbonyl (C=O) groups excluding carboxylic acids is 2. The Balaban J connectivity index is 1.33. The van der Waals surface area contributed by atoms with Crippen LogP contribution in [0.3, 0.4) is 0 Å². The van der Waals surface area contributed by atoms with E-state index in [-0.39, 0.29) is 17.6 Å². The van der Waals surface area contributed by atoms with Gasteiger partial charge in [0.05, 0.1) is 24.2 Å². The molecular weight excluding hydrogens is 511 g/mol. The number of amides is 2. The van der Waals surface area contributed by atoms with Gasteiger partial charge in [0.15, 0.2) is 17.6 Å². The van der Waals surface area contributed by atoms with Gasteiger partial charge in [-0.05, 0) is 63.3 Å². The van der Waals surface area contributed by atoms with Gasteiger partial charge in [-0.25, -0.2) is 9.82 Å². The average molecular weight is 545 g/mol. The molecule has 40 heavy (non-hydrogen) atoms. The monoisotopic (exact) mass is 544 g/mol. The molecule has 0 spiro atoms. The molecule has 0 bridgehead atoms. The van der Waals surface area contributed by atoms with E-state index in [1.807, 2.05) is 35.2 Å². The van der Waals surface area contributed by atoms with Crippen molar-refractivity contribution in [3.8, 4) is 5.75 Å². The van der Waals surface area contributed by atoms with Crippen molar-refractivity contribution < 1.29 is 18.7 Å². The highest BCUT2D eigenvalue weighted by Gasteiger charge is 2.37. The molecule has 3 aromatic rings. The van der Waals surface area contributed by atoms with Gasteiger partial charge in [0.2, 0.25) is 0 Å². The summed E-state index contributed by atoms with van der Waals surface area (Å²) < 4.78 is 18.9. The zero-order valence-electron chi connectivity index (χ0n) is 22.8. The van der Waals surface area contributed by atoms with Gasteiger partial charge in [0.1, 0.15) is 0 Å². The number of likely N-dealkylation sites (tertiary alicyclic amines) is 1. The number of hydrazine groups is 1. The molecule has 2 aliphatic rings. The molecule has 2 N–H and O–H groups in total. The van der Waals surface area contributed by atoms with Crippen LogP contribution in [0.4, 0.5) is 15.8 Å². The number of rotatable bonds is 8. The smallest absolute Gasteiger partial charge is 0.272 e. The molecule has 1 fully saturated rings. The highest BCUT2D eigenvalue weighted by molar-refractivity contribution is 6.24. The van der Waals surface area contributed by atoms with Crippen LogP contribution < -0.4 is 20.6 Å². The van der Waals surface area contributed by atoms with Gasteiger partial charge in [0, 0.05) is 36.3 Å². The second-order valence-corrected chi connectivity index (χ2v) is 10.1. The minimum Gasteiger partial charge on any atom is -0.494 e. The van der Waals surface area contributed by atoms with Crippen LogP contribution in [0.25, 0.3) is 0 Å². The number of piperidine rings is 1. The first kappa shape index (κ1) is 27.3. The van der Waals surface area contributed by atoms with Crippen LogP contribution in [0.1, 0.15) is 28.8 Å². The van der Waals surface area contributed by atoms with Gasteiger partial charge in [0.25, 0.3) is 11.8 Å². The molecule has 1 saturated heterocycles. The number of hydrazone groups is 1. The lowest BCUT2D eigenvalue weighted by Gasteiger charge is -2.35. The summed E-state index contributed by atoms with van der Waals surface area (Å²) in [6.07, 6.45) is 1.90. The van der Waals surface area contributed by atoms with E-state index >= 15 is 0 Å². The number of nitrogens with zero attached hydrogens (tertiary/aromatic N) is 4. The third-order valence-electron chi connectivity index (χ3n) is 7.36. The van der Waals surface area contributed by atoms with Crippen LogP contribution in [-0.2, 0) is 4.79 Å². The number of benzene rings is 3. The van der Waals surface area contributed by atoms with Crippen molar-refractivity contribution in [2.45, 2.75) is 24.9 Å². The zero-order valence-corrected chi connectivity index (χ0v) is 22.8. The number of hydrogen-bond acceptors (Lipinski definition) is 7. The van der Waals surface area contributed by atoms with Gasteiger partial charge in [-0.2, -0.15) is 10.1 Å². The summed E-state index contributed by atoms with van der Waals surface area (Å²) in [7, 11) is 5.53. The van der Waals surface area contributed by atoms with E-state index in [0.29, 0.717) is 28.7 Å². The highest BCUT2D eigenvalue weighted by atomic mass is 19.1. The van der Waals surface area contributed by atoms with E-state index in [1.54, 1.807) is 30.3 Å². The summed E-state index contributed by atoms with van der Waals surface area (Å²) in [6.45, 7) is 1.44. The molecule has 208 valence electrons. The van der Waals surface area contributed by atoms with E-state index in [9.17, 15) is 14.0 Å². The molecule has 0 radical (unpaired) electrons. The lowest BCUT2D eigenvalue weighted by atomic mass is 10.0. The Labute approximate surface area is 233 Å². The standard InChI is InChI=1S/C30H33FN6O3/c1-35(2)23-15-17-36(18-16-23)29(38)21-9-12-24(13-10-21)37-30(39)28(27(34-37)20-7-5-4-6-8-20)33-32-22-11-14-25(31)26(19-22)40-3/h4-14,19,23,28,32-33H,15-18H2,1-3H3. The third kappa shape index (κ3) is 5.68. The van der Waals surface area contributed by atoms with E-state index < -0.39 is 11.9 Å². The predicted octanol–water partition coefficient (Wildman–Crippen LogP) is 3.74. The molecule has 0 aromatic heterocycles. The van der Waals surface area contributed by atoms with Crippen molar-refractivity contribution in [3.63, 3.8) is 0 Å². The highest BCUT2D eigenvalue weighted by Crippen LogP contribution is 2.26. The molecular formula is C30H33FN6O3. The van der Waals surface area contributed by atoms with Crippen LogP contribution >= 0.6 is 0 Å².